The zero-order valence-corrected chi connectivity index (χ0v) is 19.4. The van der Waals surface area contributed by atoms with E-state index in [0.29, 0.717) is 19.8 Å². The van der Waals surface area contributed by atoms with Crippen molar-refractivity contribution in [3.63, 3.8) is 0 Å². The lowest BCUT2D eigenvalue weighted by atomic mass is 10.1. The minimum absolute atomic E-state index is 0.239. The van der Waals surface area contributed by atoms with Gasteiger partial charge in [-0.15, -0.1) is 0 Å². The predicted molar refractivity (Wildman–Crippen MR) is 124 cm³/mol. The van der Waals surface area contributed by atoms with Crippen LogP contribution in [0, 0.1) is 0 Å². The van der Waals surface area contributed by atoms with Gasteiger partial charge in [-0.2, -0.15) is 0 Å². The Morgan fingerprint density at radius 3 is 2.07 bits per heavy atom. The number of carbonyl (C=O) groups is 1. The minimum Gasteiger partial charge on any atom is -0.434 e. The molecule has 1 aromatic carbocycles. The van der Waals surface area contributed by atoms with E-state index in [9.17, 15) is 4.79 Å². The molecule has 0 aliphatic rings. The minimum atomic E-state index is -0.556. The van der Waals surface area contributed by atoms with E-state index in [1.807, 2.05) is 30.3 Å². The molecule has 1 unspecified atom stereocenters. The highest BCUT2D eigenvalue weighted by Crippen LogP contribution is 2.14. The Morgan fingerprint density at radius 2 is 1.40 bits per heavy atom. The Kier molecular flexibility index (Phi) is 17.1. The first-order valence-electron chi connectivity index (χ1n) is 12.2. The van der Waals surface area contributed by atoms with Gasteiger partial charge in [-0.1, -0.05) is 108 Å². The van der Waals surface area contributed by atoms with Crippen LogP contribution in [0.1, 0.15) is 103 Å². The van der Waals surface area contributed by atoms with Crippen LogP contribution in [0.5, 0.6) is 0 Å². The number of carbonyl (C=O) groups excluding carboxylic acids is 1. The summed E-state index contributed by atoms with van der Waals surface area (Å²) in [4.78, 5) is 12.1. The van der Waals surface area contributed by atoms with Crippen LogP contribution in [0.2, 0.25) is 0 Å². The molecule has 0 radical (unpaired) electrons. The van der Waals surface area contributed by atoms with Crippen LogP contribution in [-0.4, -0.2) is 25.5 Å². The van der Waals surface area contributed by atoms with E-state index >= 15 is 0 Å². The van der Waals surface area contributed by atoms with Gasteiger partial charge < -0.3 is 14.2 Å². The third kappa shape index (κ3) is 15.3. The van der Waals surface area contributed by atoms with Crippen molar-refractivity contribution in [1.29, 1.82) is 0 Å². The normalized spacial score (nSPS) is 11.9. The third-order valence-corrected chi connectivity index (χ3v) is 5.28. The average Bonchev–Trinajstić information content (AvgIpc) is 2.76. The molecular weight excluding hydrogens is 376 g/mol. The van der Waals surface area contributed by atoms with Crippen molar-refractivity contribution < 1.29 is 19.0 Å². The van der Waals surface area contributed by atoms with E-state index in [1.54, 1.807) is 0 Å². The summed E-state index contributed by atoms with van der Waals surface area (Å²) in [6, 6.07) is 10.1. The van der Waals surface area contributed by atoms with Gasteiger partial charge in [-0.05, 0) is 24.8 Å². The van der Waals surface area contributed by atoms with Gasteiger partial charge >= 0.3 is 6.16 Å². The first-order valence-corrected chi connectivity index (χ1v) is 12.2. The predicted octanol–water partition coefficient (Wildman–Crippen LogP) is 7.84. The van der Waals surface area contributed by atoms with Gasteiger partial charge in [-0.25, -0.2) is 4.79 Å². The van der Waals surface area contributed by atoms with Crippen molar-refractivity contribution in [3.8, 4) is 0 Å². The van der Waals surface area contributed by atoms with Gasteiger partial charge in [0.25, 0.3) is 0 Å². The molecule has 0 bridgehead atoms. The maximum Gasteiger partial charge on any atom is 0.508 e. The maximum atomic E-state index is 12.1. The average molecular weight is 421 g/mol. The summed E-state index contributed by atoms with van der Waals surface area (Å²) in [7, 11) is 0. The number of hydrogen-bond acceptors (Lipinski definition) is 4. The monoisotopic (exact) mass is 420 g/mol. The molecule has 0 amide bonds. The molecule has 0 aliphatic heterocycles. The number of unbranched alkanes of at least 4 members (excludes halogenated alkanes) is 10. The summed E-state index contributed by atoms with van der Waals surface area (Å²) < 4.78 is 16.6. The summed E-state index contributed by atoms with van der Waals surface area (Å²) in [5.41, 5.74) is 1.13. The van der Waals surface area contributed by atoms with E-state index in [4.69, 9.17) is 14.2 Å². The number of hydrogen-bond donors (Lipinski definition) is 0. The summed E-state index contributed by atoms with van der Waals surface area (Å²) in [5.74, 6) is 0. The molecule has 1 atom stereocenters. The lowest BCUT2D eigenvalue weighted by Gasteiger charge is -2.18. The molecule has 4 heteroatoms. The number of rotatable bonds is 19. The van der Waals surface area contributed by atoms with Crippen LogP contribution in [-0.2, 0) is 20.8 Å². The topological polar surface area (TPSA) is 44.8 Å². The fourth-order valence-electron chi connectivity index (χ4n) is 3.42. The lowest BCUT2D eigenvalue weighted by molar-refractivity contribution is -0.0241. The van der Waals surface area contributed by atoms with Crippen molar-refractivity contribution in [2.24, 2.45) is 0 Å². The van der Waals surface area contributed by atoms with Crippen LogP contribution in [0.25, 0.3) is 0 Å². The van der Waals surface area contributed by atoms with Gasteiger partial charge in [0.05, 0.1) is 19.8 Å². The van der Waals surface area contributed by atoms with Crippen LogP contribution in [0.3, 0.4) is 0 Å². The summed E-state index contributed by atoms with van der Waals surface area (Å²) >= 11 is 0. The second kappa shape index (κ2) is 19.4. The molecule has 0 aromatic heterocycles. The number of ether oxygens (including phenoxy) is 3. The third-order valence-electron chi connectivity index (χ3n) is 5.28. The Bertz CT molecular complexity index is 503. The summed E-state index contributed by atoms with van der Waals surface area (Å²) in [6.07, 6.45) is 14.5. The lowest BCUT2D eigenvalue weighted by Crippen LogP contribution is -2.24. The Hall–Kier alpha value is -1.55. The molecule has 0 heterocycles. The standard InChI is InChI=1S/C26H44O4/c1-3-5-7-9-10-11-12-16-20-25(23-28-22-24-18-14-13-15-19-24)30-26(27)29-21-17-8-6-4-2/h13-15,18-19,25H,3-12,16-17,20-23H2,1-2H3. The largest absolute Gasteiger partial charge is 0.508 e. The van der Waals surface area contributed by atoms with Gasteiger partial charge in [0.15, 0.2) is 0 Å². The highest BCUT2D eigenvalue weighted by molar-refractivity contribution is 5.60. The van der Waals surface area contributed by atoms with E-state index in [0.717, 1.165) is 31.2 Å². The molecule has 172 valence electrons. The number of benzene rings is 1. The zero-order chi connectivity index (χ0) is 21.7. The Morgan fingerprint density at radius 1 is 0.800 bits per heavy atom. The maximum absolute atomic E-state index is 12.1. The molecule has 0 saturated carbocycles. The van der Waals surface area contributed by atoms with E-state index in [2.05, 4.69) is 13.8 Å². The van der Waals surface area contributed by atoms with Crippen LogP contribution >= 0.6 is 0 Å². The van der Waals surface area contributed by atoms with E-state index in [-0.39, 0.29) is 6.10 Å². The van der Waals surface area contributed by atoms with Crippen LogP contribution in [0.15, 0.2) is 30.3 Å². The van der Waals surface area contributed by atoms with Gasteiger partial charge in [0.2, 0.25) is 0 Å². The molecule has 0 spiro atoms. The highest BCUT2D eigenvalue weighted by atomic mass is 16.7. The Balaban J connectivity index is 2.28. The van der Waals surface area contributed by atoms with Crippen molar-refractivity contribution >= 4 is 6.16 Å². The van der Waals surface area contributed by atoms with Gasteiger partial charge in [0.1, 0.15) is 6.10 Å². The first kappa shape index (κ1) is 26.5. The molecule has 1 aromatic rings. The summed E-state index contributed by atoms with van der Waals surface area (Å²) in [5, 5.41) is 0. The molecule has 30 heavy (non-hydrogen) atoms. The second-order valence-electron chi connectivity index (χ2n) is 8.16. The molecule has 0 aliphatic carbocycles. The first-order chi connectivity index (χ1) is 14.8. The molecular formula is C26H44O4. The van der Waals surface area contributed by atoms with Crippen molar-refractivity contribution in [1.82, 2.24) is 0 Å². The van der Waals surface area contributed by atoms with E-state index in [1.165, 1.54) is 57.8 Å². The molecule has 0 N–H and O–H groups in total. The molecule has 0 saturated heterocycles. The fraction of sp³-hybridized carbons (Fsp3) is 0.731. The van der Waals surface area contributed by atoms with Gasteiger partial charge in [0, 0.05) is 0 Å². The quantitative estimate of drug-likeness (QED) is 0.169. The van der Waals surface area contributed by atoms with Crippen molar-refractivity contribution in [2.75, 3.05) is 13.2 Å². The molecule has 0 fully saturated rings. The fourth-order valence-corrected chi connectivity index (χ4v) is 3.42. The summed E-state index contributed by atoms with van der Waals surface area (Å²) in [6.45, 7) is 5.80. The highest BCUT2D eigenvalue weighted by Gasteiger charge is 2.16. The SMILES string of the molecule is CCCCCCCCCCC(COCc1ccccc1)OC(=O)OCCCCCC. The zero-order valence-electron chi connectivity index (χ0n) is 19.4. The smallest absolute Gasteiger partial charge is 0.434 e. The van der Waals surface area contributed by atoms with Crippen molar-refractivity contribution in [3.05, 3.63) is 35.9 Å². The molecule has 1 rings (SSSR count). The second-order valence-corrected chi connectivity index (χ2v) is 8.16. The van der Waals surface area contributed by atoms with Crippen molar-refractivity contribution in [2.45, 2.75) is 110 Å². The Labute approximate surface area is 184 Å². The van der Waals surface area contributed by atoms with Crippen LogP contribution in [0.4, 0.5) is 4.79 Å². The van der Waals surface area contributed by atoms with Gasteiger partial charge in [-0.3, -0.25) is 0 Å². The van der Waals surface area contributed by atoms with Crippen LogP contribution < -0.4 is 0 Å². The van der Waals surface area contributed by atoms with E-state index < -0.39 is 6.16 Å². The molecule has 4 nitrogen and oxygen atoms in total.